The smallest absolute Gasteiger partial charge is 0.123 e. The summed E-state index contributed by atoms with van der Waals surface area (Å²) < 4.78 is 13.2. The Morgan fingerprint density at radius 2 is 1.45 bits per heavy atom. The summed E-state index contributed by atoms with van der Waals surface area (Å²) in [4.78, 5) is 4.99. The molecule has 2 aromatic carbocycles. The lowest BCUT2D eigenvalue weighted by molar-refractivity contribution is 0.128. The van der Waals surface area contributed by atoms with Gasteiger partial charge in [0.15, 0.2) is 0 Å². The van der Waals surface area contributed by atoms with Crippen LogP contribution in [0, 0.1) is 5.82 Å². The van der Waals surface area contributed by atoms with Crippen LogP contribution in [0.25, 0.3) is 0 Å². The van der Waals surface area contributed by atoms with Crippen molar-refractivity contribution in [1.29, 1.82) is 0 Å². The van der Waals surface area contributed by atoms with Gasteiger partial charge in [-0.1, -0.05) is 42.5 Å². The summed E-state index contributed by atoms with van der Waals surface area (Å²) in [6, 6.07) is 17.6. The molecule has 0 bridgehead atoms. The summed E-state index contributed by atoms with van der Waals surface area (Å²) in [7, 11) is 0. The van der Waals surface area contributed by atoms with E-state index >= 15 is 0 Å². The predicted molar refractivity (Wildman–Crippen MR) is 88.3 cm³/mol. The Bertz CT molecular complexity index is 577. The lowest BCUT2D eigenvalue weighted by Gasteiger charge is -2.34. The van der Waals surface area contributed by atoms with Crippen LogP contribution in [-0.2, 0) is 13.0 Å². The van der Waals surface area contributed by atoms with Crippen molar-refractivity contribution in [3.63, 3.8) is 0 Å². The van der Waals surface area contributed by atoms with Crippen molar-refractivity contribution in [2.75, 3.05) is 32.7 Å². The fourth-order valence-corrected chi connectivity index (χ4v) is 2.99. The van der Waals surface area contributed by atoms with Crippen molar-refractivity contribution >= 4 is 0 Å². The van der Waals surface area contributed by atoms with E-state index in [0.717, 1.165) is 51.3 Å². The molecule has 2 aromatic rings. The first-order valence-corrected chi connectivity index (χ1v) is 8.03. The normalized spacial score (nSPS) is 16.8. The molecule has 0 unspecified atom stereocenters. The second-order valence-corrected chi connectivity index (χ2v) is 5.98. The van der Waals surface area contributed by atoms with Crippen molar-refractivity contribution in [3.05, 3.63) is 71.5 Å². The number of nitrogens with zero attached hydrogens (tertiary/aromatic N) is 2. The number of benzene rings is 2. The molecule has 3 rings (SSSR count). The Morgan fingerprint density at radius 3 is 2.18 bits per heavy atom. The second-order valence-electron chi connectivity index (χ2n) is 5.98. The maximum atomic E-state index is 13.2. The largest absolute Gasteiger partial charge is 0.300 e. The molecule has 0 amide bonds. The molecule has 0 aliphatic carbocycles. The quantitative estimate of drug-likeness (QED) is 0.836. The van der Waals surface area contributed by atoms with Crippen LogP contribution in [0.3, 0.4) is 0 Å². The highest BCUT2D eigenvalue weighted by atomic mass is 19.1. The first-order chi connectivity index (χ1) is 10.8. The molecule has 0 radical (unpaired) electrons. The van der Waals surface area contributed by atoms with Gasteiger partial charge in [-0.25, -0.2) is 4.39 Å². The van der Waals surface area contributed by atoms with Crippen LogP contribution in [-0.4, -0.2) is 42.5 Å². The molecule has 1 fully saturated rings. The molecule has 3 heteroatoms. The molecule has 2 nitrogen and oxygen atoms in total. The van der Waals surface area contributed by atoms with E-state index in [0.29, 0.717) is 0 Å². The number of rotatable bonds is 5. The van der Waals surface area contributed by atoms with Gasteiger partial charge in [0.2, 0.25) is 0 Å². The van der Waals surface area contributed by atoms with Crippen molar-refractivity contribution in [1.82, 2.24) is 9.80 Å². The summed E-state index contributed by atoms with van der Waals surface area (Å²) in [5, 5.41) is 0. The molecule has 0 N–H and O–H groups in total. The van der Waals surface area contributed by atoms with Crippen LogP contribution in [0.2, 0.25) is 0 Å². The van der Waals surface area contributed by atoms with Gasteiger partial charge in [0.1, 0.15) is 5.82 Å². The molecular weight excluding hydrogens is 275 g/mol. The Labute approximate surface area is 132 Å². The molecule has 0 atom stereocenters. The first-order valence-electron chi connectivity index (χ1n) is 8.03. The molecule has 0 aromatic heterocycles. The highest BCUT2D eigenvalue weighted by Gasteiger charge is 2.16. The highest BCUT2D eigenvalue weighted by Crippen LogP contribution is 2.10. The van der Waals surface area contributed by atoms with Crippen molar-refractivity contribution in [3.8, 4) is 0 Å². The summed E-state index contributed by atoms with van der Waals surface area (Å²) in [6.45, 7) is 6.47. The molecule has 1 heterocycles. The Balaban J connectivity index is 1.42. The molecule has 22 heavy (non-hydrogen) atoms. The number of halogens is 1. The number of hydrogen-bond acceptors (Lipinski definition) is 2. The van der Waals surface area contributed by atoms with E-state index in [2.05, 4.69) is 40.1 Å². The maximum absolute atomic E-state index is 13.2. The van der Waals surface area contributed by atoms with E-state index in [1.165, 1.54) is 11.6 Å². The van der Waals surface area contributed by atoms with Crippen LogP contribution >= 0.6 is 0 Å². The van der Waals surface area contributed by atoms with Crippen LogP contribution in [0.4, 0.5) is 4.39 Å². The standard InChI is InChI=1S/C19H23FN2/c20-19-8-4-7-17(15-19)9-10-21-11-13-22(14-12-21)16-18-5-2-1-3-6-18/h1-8,15H,9-14,16H2. The van der Waals surface area contributed by atoms with Gasteiger partial charge in [0.05, 0.1) is 0 Å². The third kappa shape index (κ3) is 4.39. The Kier molecular flexibility index (Phi) is 5.20. The van der Waals surface area contributed by atoms with E-state index < -0.39 is 0 Å². The van der Waals surface area contributed by atoms with E-state index in [9.17, 15) is 4.39 Å². The molecule has 1 saturated heterocycles. The second kappa shape index (κ2) is 7.52. The zero-order valence-corrected chi connectivity index (χ0v) is 12.9. The fraction of sp³-hybridized carbons (Fsp3) is 0.368. The molecule has 1 aliphatic rings. The maximum Gasteiger partial charge on any atom is 0.123 e. The number of piperazine rings is 1. The summed E-state index contributed by atoms with van der Waals surface area (Å²) in [6.07, 6.45) is 0.927. The Morgan fingerprint density at radius 1 is 0.773 bits per heavy atom. The average molecular weight is 298 g/mol. The van der Waals surface area contributed by atoms with Crippen molar-refractivity contribution in [2.45, 2.75) is 13.0 Å². The first kappa shape index (κ1) is 15.2. The van der Waals surface area contributed by atoms with Gasteiger partial charge < -0.3 is 4.90 Å². The Hall–Kier alpha value is -1.71. The van der Waals surface area contributed by atoms with Gasteiger partial charge in [0.25, 0.3) is 0 Å². The van der Waals surface area contributed by atoms with Gasteiger partial charge in [-0.05, 0) is 29.7 Å². The highest BCUT2D eigenvalue weighted by molar-refractivity contribution is 5.17. The SMILES string of the molecule is Fc1cccc(CCN2CCN(Cc3ccccc3)CC2)c1. The van der Waals surface area contributed by atoms with Crippen molar-refractivity contribution in [2.24, 2.45) is 0 Å². The summed E-state index contributed by atoms with van der Waals surface area (Å²) in [5.74, 6) is -0.134. The summed E-state index contributed by atoms with van der Waals surface area (Å²) in [5.41, 5.74) is 2.47. The zero-order valence-electron chi connectivity index (χ0n) is 12.9. The summed E-state index contributed by atoms with van der Waals surface area (Å²) >= 11 is 0. The van der Waals surface area contributed by atoms with E-state index in [-0.39, 0.29) is 5.82 Å². The predicted octanol–water partition coefficient (Wildman–Crippen LogP) is 3.19. The fourth-order valence-electron chi connectivity index (χ4n) is 2.99. The molecule has 116 valence electrons. The van der Waals surface area contributed by atoms with E-state index in [1.54, 1.807) is 12.1 Å². The molecule has 0 saturated carbocycles. The zero-order chi connectivity index (χ0) is 15.2. The topological polar surface area (TPSA) is 6.48 Å². The van der Waals surface area contributed by atoms with Crippen LogP contribution < -0.4 is 0 Å². The molecular formula is C19H23FN2. The van der Waals surface area contributed by atoms with Crippen LogP contribution in [0.15, 0.2) is 54.6 Å². The van der Waals surface area contributed by atoms with Crippen LogP contribution in [0.1, 0.15) is 11.1 Å². The minimum Gasteiger partial charge on any atom is -0.300 e. The van der Waals surface area contributed by atoms with Gasteiger partial charge in [-0.15, -0.1) is 0 Å². The van der Waals surface area contributed by atoms with Crippen LogP contribution in [0.5, 0.6) is 0 Å². The third-order valence-electron chi connectivity index (χ3n) is 4.32. The van der Waals surface area contributed by atoms with E-state index in [4.69, 9.17) is 0 Å². The number of hydrogen-bond donors (Lipinski definition) is 0. The average Bonchev–Trinajstić information content (AvgIpc) is 2.55. The monoisotopic (exact) mass is 298 g/mol. The lowest BCUT2D eigenvalue weighted by atomic mass is 10.1. The van der Waals surface area contributed by atoms with Crippen molar-refractivity contribution < 1.29 is 4.39 Å². The minimum atomic E-state index is -0.134. The van der Waals surface area contributed by atoms with E-state index in [1.807, 2.05) is 6.07 Å². The lowest BCUT2D eigenvalue weighted by Crippen LogP contribution is -2.46. The van der Waals surface area contributed by atoms with Gasteiger partial charge in [0, 0.05) is 39.3 Å². The van der Waals surface area contributed by atoms with Gasteiger partial charge >= 0.3 is 0 Å². The van der Waals surface area contributed by atoms with Gasteiger partial charge in [-0.3, -0.25) is 4.90 Å². The molecule has 1 aliphatic heterocycles. The molecule has 0 spiro atoms. The third-order valence-corrected chi connectivity index (χ3v) is 4.32. The minimum absolute atomic E-state index is 0.134. The van der Waals surface area contributed by atoms with Gasteiger partial charge in [-0.2, -0.15) is 0 Å².